The normalized spacial score (nSPS) is 12.9. The number of rotatable bonds is 8. The Hall–Kier alpha value is -2.99. The van der Waals surface area contributed by atoms with Crippen molar-refractivity contribution in [1.82, 2.24) is 4.72 Å². The van der Waals surface area contributed by atoms with Crippen LogP contribution < -0.4 is 4.72 Å². The van der Waals surface area contributed by atoms with Gasteiger partial charge in [-0.1, -0.05) is 91.0 Å². The Morgan fingerprint density at radius 1 is 0.900 bits per heavy atom. The maximum atomic E-state index is 13.3. The number of allylic oxidation sites excluding steroid dienone is 2. The van der Waals surface area contributed by atoms with Gasteiger partial charge in [-0.15, -0.1) is 0 Å². The monoisotopic (exact) mass is 437 g/mol. The van der Waals surface area contributed by atoms with Crippen LogP contribution in [0.3, 0.4) is 0 Å². The van der Waals surface area contributed by atoms with Crippen molar-refractivity contribution in [3.05, 3.63) is 125 Å². The van der Waals surface area contributed by atoms with Gasteiger partial charge in [-0.05, 0) is 29.8 Å². The predicted molar refractivity (Wildman–Crippen MR) is 120 cm³/mol. The van der Waals surface area contributed by atoms with Crippen molar-refractivity contribution >= 4 is 27.4 Å². The van der Waals surface area contributed by atoms with Crippen LogP contribution >= 0.6 is 11.6 Å². The van der Waals surface area contributed by atoms with Gasteiger partial charge in [-0.25, -0.2) is 8.42 Å². The van der Waals surface area contributed by atoms with E-state index in [9.17, 15) is 13.2 Å². The molecule has 0 spiro atoms. The molecule has 1 atom stereocenters. The maximum Gasteiger partial charge on any atom is 0.241 e. The van der Waals surface area contributed by atoms with Crippen LogP contribution in [0.1, 0.15) is 22.0 Å². The highest BCUT2D eigenvalue weighted by molar-refractivity contribution is 7.89. The predicted octanol–water partition coefficient (Wildman–Crippen LogP) is 5.35. The Kier molecular flexibility index (Phi) is 7.00. The van der Waals surface area contributed by atoms with Gasteiger partial charge in [0.25, 0.3) is 0 Å². The molecule has 0 amide bonds. The fourth-order valence-electron chi connectivity index (χ4n) is 2.98. The zero-order valence-electron chi connectivity index (χ0n) is 16.0. The smallest absolute Gasteiger partial charge is 0.241 e. The lowest BCUT2D eigenvalue weighted by molar-refractivity contribution is 0.102. The lowest BCUT2D eigenvalue weighted by atomic mass is 9.92. The van der Waals surface area contributed by atoms with E-state index < -0.39 is 16.1 Å². The first-order valence-corrected chi connectivity index (χ1v) is 11.0. The second-order valence-corrected chi connectivity index (χ2v) is 8.62. The molecule has 3 aromatic carbocycles. The molecule has 1 unspecified atom stereocenters. The Labute approximate surface area is 181 Å². The van der Waals surface area contributed by atoms with Gasteiger partial charge >= 0.3 is 0 Å². The van der Waals surface area contributed by atoms with Crippen LogP contribution in [0.2, 0.25) is 5.02 Å². The van der Waals surface area contributed by atoms with Gasteiger partial charge in [0, 0.05) is 16.2 Å². The summed E-state index contributed by atoms with van der Waals surface area (Å²) >= 11 is 6.01. The van der Waals surface area contributed by atoms with E-state index >= 15 is 0 Å². The van der Waals surface area contributed by atoms with E-state index in [1.54, 1.807) is 66.7 Å². The minimum Gasteiger partial charge on any atom is -0.289 e. The standard InChI is InChI=1S/C24H20ClNO3S/c1-2-9-22(24(27)19-10-5-3-6-11-19)23(18-14-16-20(25)17-15-18)26-30(28,29)21-12-7-4-8-13-21/h2-17,23,26H,1H2/b22-9+. The molecular weight excluding hydrogens is 418 g/mol. The van der Waals surface area contributed by atoms with Gasteiger partial charge < -0.3 is 0 Å². The van der Waals surface area contributed by atoms with E-state index in [0.717, 1.165) is 0 Å². The fraction of sp³-hybridized carbons (Fsp3) is 0.0417. The Bertz CT molecular complexity index is 1160. The summed E-state index contributed by atoms with van der Waals surface area (Å²) in [5, 5.41) is 0.507. The summed E-state index contributed by atoms with van der Waals surface area (Å²) in [6.07, 6.45) is 3.00. The summed E-state index contributed by atoms with van der Waals surface area (Å²) in [6.45, 7) is 3.69. The first-order valence-electron chi connectivity index (χ1n) is 9.17. The number of Topliss-reactive ketones (excluding diaryl/α,β-unsaturated/α-hetero) is 1. The molecule has 6 heteroatoms. The molecule has 0 aromatic heterocycles. The maximum absolute atomic E-state index is 13.3. The highest BCUT2D eigenvalue weighted by Gasteiger charge is 2.28. The van der Waals surface area contributed by atoms with E-state index in [1.807, 2.05) is 6.07 Å². The van der Waals surface area contributed by atoms with Crippen LogP contribution in [-0.4, -0.2) is 14.2 Å². The topological polar surface area (TPSA) is 63.2 Å². The quantitative estimate of drug-likeness (QED) is 0.293. The zero-order chi connectivity index (χ0) is 21.6. The van der Waals surface area contributed by atoms with E-state index in [2.05, 4.69) is 11.3 Å². The molecule has 0 heterocycles. The Balaban J connectivity index is 2.10. The van der Waals surface area contributed by atoms with Crippen molar-refractivity contribution in [3.8, 4) is 0 Å². The molecule has 0 aliphatic rings. The highest BCUT2D eigenvalue weighted by atomic mass is 35.5. The number of benzene rings is 3. The van der Waals surface area contributed by atoms with Gasteiger partial charge in [0.15, 0.2) is 5.78 Å². The van der Waals surface area contributed by atoms with Crippen molar-refractivity contribution in [2.45, 2.75) is 10.9 Å². The first kappa shape index (κ1) is 21.7. The second-order valence-electron chi connectivity index (χ2n) is 6.47. The number of nitrogens with one attached hydrogen (secondary N) is 1. The van der Waals surface area contributed by atoms with Crippen LogP contribution in [0, 0.1) is 0 Å². The summed E-state index contributed by atoms with van der Waals surface area (Å²) in [5.41, 5.74) is 1.28. The molecule has 30 heavy (non-hydrogen) atoms. The first-order chi connectivity index (χ1) is 14.4. The van der Waals surface area contributed by atoms with Crippen LogP contribution in [0.4, 0.5) is 0 Å². The number of halogens is 1. The van der Waals surface area contributed by atoms with Crippen molar-refractivity contribution in [2.75, 3.05) is 0 Å². The molecule has 0 aliphatic carbocycles. The summed E-state index contributed by atoms with van der Waals surface area (Å²) in [5.74, 6) is -0.300. The minimum atomic E-state index is -3.91. The van der Waals surface area contributed by atoms with Crippen molar-refractivity contribution in [1.29, 1.82) is 0 Å². The molecule has 4 nitrogen and oxygen atoms in total. The summed E-state index contributed by atoms with van der Waals surface area (Å²) in [7, 11) is -3.91. The molecule has 0 fully saturated rings. The molecule has 3 rings (SSSR count). The van der Waals surface area contributed by atoms with Gasteiger partial charge in [0.05, 0.1) is 10.9 Å². The second kappa shape index (κ2) is 9.67. The molecule has 152 valence electrons. The largest absolute Gasteiger partial charge is 0.289 e. The van der Waals surface area contributed by atoms with Crippen LogP contribution in [0.25, 0.3) is 0 Å². The Morgan fingerprint density at radius 2 is 1.47 bits per heavy atom. The van der Waals surface area contributed by atoms with Crippen molar-refractivity contribution < 1.29 is 13.2 Å². The van der Waals surface area contributed by atoms with Gasteiger partial charge in [0.2, 0.25) is 10.0 Å². The molecule has 3 aromatic rings. The number of carbonyl (C=O) groups is 1. The summed E-state index contributed by atoms with van der Waals surface area (Å²) in [4.78, 5) is 13.4. The molecule has 0 bridgehead atoms. The van der Waals surface area contributed by atoms with Crippen molar-refractivity contribution in [2.24, 2.45) is 0 Å². The van der Waals surface area contributed by atoms with Crippen molar-refractivity contribution in [3.63, 3.8) is 0 Å². The summed E-state index contributed by atoms with van der Waals surface area (Å²) < 4.78 is 28.8. The lowest BCUT2D eigenvalue weighted by Crippen LogP contribution is -2.32. The van der Waals surface area contributed by atoms with E-state index in [1.165, 1.54) is 24.3 Å². The molecule has 0 radical (unpaired) electrons. The third kappa shape index (κ3) is 5.13. The Morgan fingerprint density at radius 3 is 2.03 bits per heavy atom. The number of hydrogen-bond donors (Lipinski definition) is 1. The third-order valence-electron chi connectivity index (χ3n) is 4.44. The van der Waals surface area contributed by atoms with Gasteiger partial charge in [-0.2, -0.15) is 4.72 Å². The minimum absolute atomic E-state index is 0.106. The zero-order valence-corrected chi connectivity index (χ0v) is 17.6. The molecule has 0 saturated heterocycles. The SMILES string of the molecule is C=C/C=C(/C(=O)c1ccccc1)C(NS(=O)(=O)c1ccccc1)c1ccc(Cl)cc1. The van der Waals surface area contributed by atoms with Crippen LogP contribution in [-0.2, 0) is 10.0 Å². The number of carbonyl (C=O) groups excluding carboxylic acids is 1. The number of ketones is 1. The highest BCUT2D eigenvalue weighted by Crippen LogP contribution is 2.28. The van der Waals surface area contributed by atoms with Crippen LogP contribution in [0.15, 0.2) is 114 Å². The lowest BCUT2D eigenvalue weighted by Gasteiger charge is -2.22. The van der Waals surface area contributed by atoms with E-state index in [-0.39, 0.29) is 16.3 Å². The molecule has 0 saturated carbocycles. The van der Waals surface area contributed by atoms with Gasteiger partial charge in [0.1, 0.15) is 0 Å². The molecular formula is C24H20ClNO3S. The van der Waals surface area contributed by atoms with E-state index in [0.29, 0.717) is 16.1 Å². The number of sulfonamides is 1. The number of hydrogen-bond acceptors (Lipinski definition) is 3. The van der Waals surface area contributed by atoms with Gasteiger partial charge in [-0.3, -0.25) is 4.79 Å². The third-order valence-corrected chi connectivity index (χ3v) is 6.13. The summed E-state index contributed by atoms with van der Waals surface area (Å²) in [6, 6.07) is 22.4. The van der Waals surface area contributed by atoms with Crippen LogP contribution in [0.5, 0.6) is 0 Å². The fourth-order valence-corrected chi connectivity index (χ4v) is 4.33. The molecule has 0 aliphatic heterocycles. The average Bonchev–Trinajstić information content (AvgIpc) is 2.77. The molecule has 1 N–H and O–H groups in total. The average molecular weight is 438 g/mol. The van der Waals surface area contributed by atoms with E-state index in [4.69, 9.17) is 11.6 Å².